The molecule has 0 bridgehead atoms. The molecule has 106 valence electrons. The lowest BCUT2D eigenvalue weighted by atomic mass is 10.0. The fourth-order valence-corrected chi connectivity index (χ4v) is 2.78. The van der Waals surface area contributed by atoms with Crippen molar-refractivity contribution in [2.45, 2.75) is 26.7 Å². The minimum Gasteiger partial charge on any atom is -0.466 e. The number of rotatable bonds is 4. The van der Waals surface area contributed by atoms with Crippen LogP contribution >= 0.6 is 11.3 Å². The van der Waals surface area contributed by atoms with Gasteiger partial charge in [-0.15, -0.1) is 0 Å². The van der Waals surface area contributed by atoms with E-state index >= 15 is 0 Å². The summed E-state index contributed by atoms with van der Waals surface area (Å²) >= 11 is 1.39. The Kier molecular flexibility index (Phi) is 4.34. The van der Waals surface area contributed by atoms with Gasteiger partial charge in [0, 0.05) is 6.92 Å². The Hall–Kier alpha value is -1.95. The zero-order valence-corrected chi connectivity index (χ0v) is 12.4. The molecular formula is C14H16N2O3S. The van der Waals surface area contributed by atoms with E-state index in [0.29, 0.717) is 11.7 Å². The summed E-state index contributed by atoms with van der Waals surface area (Å²) in [5.74, 6) is -0.701. The molecule has 1 N–H and O–H groups in total. The van der Waals surface area contributed by atoms with Crippen molar-refractivity contribution in [2.75, 3.05) is 11.9 Å². The molecule has 5 nitrogen and oxygen atoms in total. The Morgan fingerprint density at radius 2 is 2.20 bits per heavy atom. The van der Waals surface area contributed by atoms with Gasteiger partial charge in [-0.1, -0.05) is 17.4 Å². The van der Waals surface area contributed by atoms with E-state index in [2.05, 4.69) is 10.3 Å². The van der Waals surface area contributed by atoms with E-state index in [1.807, 2.05) is 25.1 Å². The quantitative estimate of drug-likeness (QED) is 0.880. The molecule has 1 heterocycles. The van der Waals surface area contributed by atoms with E-state index in [9.17, 15) is 9.59 Å². The second-order valence-electron chi connectivity index (χ2n) is 4.40. The van der Waals surface area contributed by atoms with E-state index in [4.69, 9.17) is 4.74 Å². The first-order chi connectivity index (χ1) is 9.51. The van der Waals surface area contributed by atoms with Crippen LogP contribution in [0.4, 0.5) is 5.13 Å². The molecule has 0 fully saturated rings. The van der Waals surface area contributed by atoms with Crippen LogP contribution in [0, 0.1) is 0 Å². The van der Waals surface area contributed by atoms with Crippen LogP contribution in [0.15, 0.2) is 18.2 Å². The lowest BCUT2D eigenvalue weighted by Gasteiger charge is -2.10. The average molecular weight is 292 g/mol. The number of hydrogen-bond acceptors (Lipinski definition) is 5. The summed E-state index contributed by atoms with van der Waals surface area (Å²) in [5, 5.41) is 3.23. The summed E-state index contributed by atoms with van der Waals surface area (Å²) in [6, 6.07) is 5.63. The van der Waals surface area contributed by atoms with Gasteiger partial charge in [0.05, 0.1) is 22.7 Å². The molecule has 0 aliphatic heterocycles. The number of amides is 1. The zero-order chi connectivity index (χ0) is 14.7. The molecule has 6 heteroatoms. The highest BCUT2D eigenvalue weighted by Gasteiger charge is 2.17. The van der Waals surface area contributed by atoms with Crippen molar-refractivity contribution < 1.29 is 14.3 Å². The maximum Gasteiger partial charge on any atom is 0.313 e. The van der Waals surface area contributed by atoms with Gasteiger partial charge in [0.1, 0.15) is 0 Å². The van der Waals surface area contributed by atoms with Gasteiger partial charge < -0.3 is 10.1 Å². The third-order valence-electron chi connectivity index (χ3n) is 2.84. The van der Waals surface area contributed by atoms with Crippen LogP contribution in [0.2, 0.25) is 0 Å². The molecule has 1 atom stereocenters. The first-order valence-electron chi connectivity index (χ1n) is 6.36. The number of thiazole rings is 1. The molecule has 2 aromatic rings. The Bertz CT molecular complexity index is 651. The van der Waals surface area contributed by atoms with Crippen molar-refractivity contribution in [2.24, 2.45) is 0 Å². The summed E-state index contributed by atoms with van der Waals surface area (Å²) in [6.45, 7) is 5.42. The lowest BCUT2D eigenvalue weighted by molar-refractivity contribution is -0.144. The monoisotopic (exact) mass is 292 g/mol. The van der Waals surface area contributed by atoms with E-state index in [1.165, 1.54) is 18.3 Å². The van der Waals surface area contributed by atoms with E-state index < -0.39 is 0 Å². The van der Waals surface area contributed by atoms with Crippen molar-refractivity contribution in [3.8, 4) is 0 Å². The molecule has 20 heavy (non-hydrogen) atoms. The molecule has 0 aliphatic carbocycles. The highest BCUT2D eigenvalue weighted by atomic mass is 32.1. The van der Waals surface area contributed by atoms with Crippen LogP contribution < -0.4 is 5.32 Å². The third-order valence-corrected chi connectivity index (χ3v) is 3.77. The topological polar surface area (TPSA) is 68.3 Å². The van der Waals surface area contributed by atoms with E-state index in [0.717, 1.165) is 15.8 Å². The van der Waals surface area contributed by atoms with Crippen LogP contribution in [-0.2, 0) is 14.3 Å². The smallest absolute Gasteiger partial charge is 0.313 e. The van der Waals surface area contributed by atoms with Gasteiger partial charge in [-0.05, 0) is 31.5 Å². The van der Waals surface area contributed by atoms with Crippen LogP contribution in [0.1, 0.15) is 32.3 Å². The molecule has 2 rings (SSSR count). The van der Waals surface area contributed by atoms with Crippen LogP contribution in [0.25, 0.3) is 10.2 Å². The minimum atomic E-state index is -0.314. The number of benzene rings is 1. The van der Waals surface area contributed by atoms with Gasteiger partial charge in [-0.2, -0.15) is 0 Å². The van der Waals surface area contributed by atoms with Crippen molar-refractivity contribution in [3.63, 3.8) is 0 Å². The second kappa shape index (κ2) is 6.00. The normalized spacial score (nSPS) is 12.2. The molecule has 0 spiro atoms. The van der Waals surface area contributed by atoms with Crippen molar-refractivity contribution in [1.82, 2.24) is 4.98 Å². The molecule has 1 aromatic carbocycles. The van der Waals surface area contributed by atoms with Crippen molar-refractivity contribution >= 4 is 38.6 Å². The summed E-state index contributed by atoms with van der Waals surface area (Å²) < 4.78 is 5.95. The highest BCUT2D eigenvalue weighted by Crippen LogP contribution is 2.29. The summed E-state index contributed by atoms with van der Waals surface area (Å²) in [7, 11) is 0. The SMILES string of the molecule is CCOC(=O)C(C)c1ccc2nc(NC(C)=O)sc2c1. The number of fused-ring (bicyclic) bond motifs is 1. The van der Waals surface area contributed by atoms with Gasteiger partial charge in [-0.25, -0.2) is 4.98 Å². The Morgan fingerprint density at radius 3 is 2.85 bits per heavy atom. The first kappa shape index (κ1) is 14.5. The molecule has 1 amide bonds. The molecule has 0 saturated heterocycles. The maximum atomic E-state index is 11.7. The van der Waals surface area contributed by atoms with Crippen molar-refractivity contribution in [3.05, 3.63) is 23.8 Å². The van der Waals surface area contributed by atoms with Crippen LogP contribution in [0.3, 0.4) is 0 Å². The number of ether oxygens (including phenoxy) is 1. The Balaban J connectivity index is 2.28. The maximum absolute atomic E-state index is 11.7. The summed E-state index contributed by atoms with van der Waals surface area (Å²) in [5.41, 5.74) is 1.69. The van der Waals surface area contributed by atoms with Crippen molar-refractivity contribution in [1.29, 1.82) is 0 Å². The van der Waals surface area contributed by atoms with Crippen LogP contribution in [-0.4, -0.2) is 23.5 Å². The number of anilines is 1. The molecule has 0 saturated carbocycles. The van der Waals surface area contributed by atoms with E-state index in [-0.39, 0.29) is 17.8 Å². The van der Waals surface area contributed by atoms with Gasteiger partial charge in [0.25, 0.3) is 0 Å². The zero-order valence-electron chi connectivity index (χ0n) is 11.6. The first-order valence-corrected chi connectivity index (χ1v) is 7.17. The number of carbonyl (C=O) groups is 2. The predicted octanol–water partition coefficient (Wildman–Crippen LogP) is 2.92. The lowest BCUT2D eigenvalue weighted by Crippen LogP contribution is -2.12. The van der Waals surface area contributed by atoms with Gasteiger partial charge >= 0.3 is 5.97 Å². The fraction of sp³-hybridized carbons (Fsp3) is 0.357. The largest absolute Gasteiger partial charge is 0.466 e. The fourth-order valence-electron chi connectivity index (χ4n) is 1.82. The molecule has 0 radical (unpaired) electrons. The van der Waals surface area contributed by atoms with Gasteiger partial charge in [0.15, 0.2) is 5.13 Å². The Labute approximate surface area is 121 Å². The summed E-state index contributed by atoms with van der Waals surface area (Å²) in [4.78, 5) is 27.1. The summed E-state index contributed by atoms with van der Waals surface area (Å²) in [6.07, 6.45) is 0. The average Bonchev–Trinajstić information content (AvgIpc) is 2.78. The molecular weight excluding hydrogens is 276 g/mol. The number of carbonyl (C=O) groups excluding carboxylic acids is 2. The molecule has 0 aliphatic rings. The van der Waals surface area contributed by atoms with E-state index in [1.54, 1.807) is 6.92 Å². The molecule has 1 unspecified atom stereocenters. The number of nitrogens with one attached hydrogen (secondary N) is 1. The second-order valence-corrected chi connectivity index (χ2v) is 5.43. The van der Waals surface area contributed by atoms with Crippen LogP contribution in [0.5, 0.6) is 0 Å². The molecule has 1 aromatic heterocycles. The standard InChI is InChI=1S/C14H16N2O3S/c1-4-19-13(18)8(2)10-5-6-11-12(7-10)20-14(16-11)15-9(3)17/h5-8H,4H2,1-3H3,(H,15,16,17). The predicted molar refractivity (Wildman–Crippen MR) is 79.0 cm³/mol. The number of nitrogens with zero attached hydrogens (tertiary/aromatic N) is 1. The Morgan fingerprint density at radius 1 is 1.45 bits per heavy atom. The highest BCUT2D eigenvalue weighted by molar-refractivity contribution is 7.22. The van der Waals surface area contributed by atoms with Gasteiger partial charge in [-0.3, -0.25) is 9.59 Å². The number of esters is 1. The third kappa shape index (κ3) is 3.14. The minimum absolute atomic E-state index is 0.149. The number of aromatic nitrogens is 1. The number of hydrogen-bond donors (Lipinski definition) is 1. The van der Waals surface area contributed by atoms with Gasteiger partial charge in [0.2, 0.25) is 5.91 Å².